The molecular weight excluding hydrogens is 430 g/mol. The highest BCUT2D eigenvalue weighted by Gasteiger charge is 2.38. The van der Waals surface area contributed by atoms with Crippen LogP contribution in [0.15, 0.2) is 72.8 Å². The molecule has 3 rings (SSSR count). The highest BCUT2D eigenvalue weighted by molar-refractivity contribution is 6.30. The van der Waals surface area contributed by atoms with E-state index in [9.17, 15) is 9.90 Å². The number of halogens is 1. The molecule has 1 N–H and O–H groups in total. The molecule has 0 aliphatic carbocycles. The number of nitrogens with zero attached hydrogens (tertiary/aromatic N) is 1. The van der Waals surface area contributed by atoms with Gasteiger partial charge in [0.2, 0.25) is 5.60 Å². The van der Waals surface area contributed by atoms with Crippen LogP contribution in [-0.4, -0.2) is 38.4 Å². The van der Waals surface area contributed by atoms with Gasteiger partial charge in [0.15, 0.2) is 0 Å². The number of aliphatic carboxylic acids is 1. The Morgan fingerprint density at radius 3 is 2.00 bits per heavy atom. The Morgan fingerprint density at radius 1 is 0.906 bits per heavy atom. The molecule has 0 saturated heterocycles. The molecule has 1 unspecified atom stereocenters. The van der Waals surface area contributed by atoms with Gasteiger partial charge in [-0.1, -0.05) is 29.8 Å². The van der Waals surface area contributed by atoms with Gasteiger partial charge in [-0.15, -0.1) is 0 Å². The maximum absolute atomic E-state index is 12.1. The van der Waals surface area contributed by atoms with Gasteiger partial charge >= 0.3 is 5.97 Å². The van der Waals surface area contributed by atoms with E-state index in [4.69, 9.17) is 25.8 Å². The van der Waals surface area contributed by atoms with E-state index in [-0.39, 0.29) is 0 Å². The molecule has 0 radical (unpaired) electrons. The first-order valence-corrected chi connectivity index (χ1v) is 10.5. The van der Waals surface area contributed by atoms with Crippen LogP contribution in [0.1, 0.15) is 12.5 Å². The standard InChI is InChI=1S/C25H26ClNO5/c1-25(24(28)29,32-23-6-4-5-20(17-23)27(2)3)18-7-11-21(12-8-18)30-15-16-31-22-13-9-19(26)10-14-22/h4-14,17H,15-16H2,1-3H3,(H,28,29). The normalized spacial score (nSPS) is 12.5. The molecule has 0 spiro atoms. The molecule has 6 nitrogen and oxygen atoms in total. The van der Waals surface area contributed by atoms with E-state index in [1.165, 1.54) is 6.92 Å². The monoisotopic (exact) mass is 455 g/mol. The second-order valence-corrected chi connectivity index (χ2v) is 7.94. The summed E-state index contributed by atoms with van der Waals surface area (Å²) >= 11 is 5.85. The Labute approximate surface area is 192 Å². The molecule has 0 bridgehead atoms. The summed E-state index contributed by atoms with van der Waals surface area (Å²) < 4.78 is 17.2. The smallest absolute Gasteiger partial charge is 0.352 e. The largest absolute Gasteiger partial charge is 0.490 e. The molecule has 32 heavy (non-hydrogen) atoms. The van der Waals surface area contributed by atoms with Gasteiger partial charge in [-0.3, -0.25) is 0 Å². The Hall–Kier alpha value is -3.38. The van der Waals surface area contributed by atoms with Crippen molar-refractivity contribution in [2.75, 3.05) is 32.2 Å². The van der Waals surface area contributed by atoms with Crippen LogP contribution in [0.25, 0.3) is 0 Å². The second kappa shape index (κ2) is 10.3. The van der Waals surface area contributed by atoms with Crippen molar-refractivity contribution in [2.24, 2.45) is 0 Å². The lowest BCUT2D eigenvalue weighted by Gasteiger charge is -2.27. The summed E-state index contributed by atoms with van der Waals surface area (Å²) in [5.41, 5.74) is -0.133. The molecule has 3 aromatic carbocycles. The van der Waals surface area contributed by atoms with Gasteiger partial charge in [0.05, 0.1) is 0 Å². The van der Waals surface area contributed by atoms with Gasteiger partial charge in [-0.25, -0.2) is 4.79 Å². The lowest BCUT2D eigenvalue weighted by atomic mass is 9.95. The average Bonchev–Trinajstić information content (AvgIpc) is 2.78. The van der Waals surface area contributed by atoms with Crippen LogP contribution >= 0.6 is 11.6 Å². The van der Waals surface area contributed by atoms with Crippen molar-refractivity contribution in [3.05, 3.63) is 83.4 Å². The molecule has 0 aromatic heterocycles. The zero-order valence-electron chi connectivity index (χ0n) is 18.2. The minimum atomic E-state index is -1.55. The third-order valence-corrected chi connectivity index (χ3v) is 5.16. The SMILES string of the molecule is CN(C)c1cccc(OC(C)(C(=O)O)c2ccc(OCCOc3ccc(Cl)cc3)cc2)c1. The van der Waals surface area contributed by atoms with E-state index < -0.39 is 11.6 Å². The van der Waals surface area contributed by atoms with Crippen LogP contribution in [0.5, 0.6) is 17.2 Å². The van der Waals surface area contributed by atoms with E-state index in [2.05, 4.69) is 0 Å². The Balaban J connectivity index is 1.63. The van der Waals surface area contributed by atoms with Gasteiger partial charge in [-0.2, -0.15) is 0 Å². The van der Waals surface area contributed by atoms with Gasteiger partial charge < -0.3 is 24.2 Å². The number of benzene rings is 3. The van der Waals surface area contributed by atoms with Crippen molar-refractivity contribution in [3.8, 4) is 17.2 Å². The van der Waals surface area contributed by atoms with Crippen molar-refractivity contribution in [1.29, 1.82) is 0 Å². The van der Waals surface area contributed by atoms with Gasteiger partial charge in [0.25, 0.3) is 0 Å². The molecule has 0 fully saturated rings. The third-order valence-electron chi connectivity index (χ3n) is 4.90. The fraction of sp³-hybridized carbons (Fsp3) is 0.240. The molecule has 3 aromatic rings. The Kier molecular flexibility index (Phi) is 7.49. The molecule has 7 heteroatoms. The number of ether oxygens (including phenoxy) is 3. The first kappa shape index (κ1) is 23.3. The first-order chi connectivity index (χ1) is 15.3. The molecule has 0 amide bonds. The van der Waals surface area contributed by atoms with Crippen molar-refractivity contribution in [3.63, 3.8) is 0 Å². The minimum Gasteiger partial charge on any atom is -0.490 e. The van der Waals surface area contributed by atoms with E-state index in [0.717, 1.165) is 5.69 Å². The van der Waals surface area contributed by atoms with E-state index in [0.29, 0.717) is 41.0 Å². The number of hydrogen-bond donors (Lipinski definition) is 1. The molecule has 168 valence electrons. The van der Waals surface area contributed by atoms with Gasteiger partial charge in [0, 0.05) is 36.4 Å². The van der Waals surface area contributed by atoms with Crippen LogP contribution in [0.3, 0.4) is 0 Å². The Morgan fingerprint density at radius 2 is 1.47 bits per heavy atom. The maximum atomic E-state index is 12.1. The van der Waals surface area contributed by atoms with Crippen molar-refractivity contribution >= 4 is 23.3 Å². The van der Waals surface area contributed by atoms with Crippen molar-refractivity contribution < 1.29 is 24.1 Å². The van der Waals surface area contributed by atoms with Crippen LogP contribution in [-0.2, 0) is 10.4 Å². The summed E-state index contributed by atoms with van der Waals surface area (Å²) in [6, 6.07) is 21.2. The average molecular weight is 456 g/mol. The lowest BCUT2D eigenvalue weighted by Crippen LogP contribution is -2.38. The summed E-state index contributed by atoms with van der Waals surface area (Å²) in [7, 11) is 3.82. The molecule has 0 aliphatic heterocycles. The van der Waals surface area contributed by atoms with E-state index >= 15 is 0 Å². The van der Waals surface area contributed by atoms with Gasteiger partial charge in [-0.05, 0) is 55.5 Å². The number of carboxylic acids is 1. The molecule has 1 atom stereocenters. The predicted molar refractivity (Wildman–Crippen MR) is 125 cm³/mol. The minimum absolute atomic E-state index is 0.339. The Bertz CT molecular complexity index is 1040. The zero-order valence-corrected chi connectivity index (χ0v) is 19.0. The quantitative estimate of drug-likeness (QED) is 0.421. The molecular formula is C25H26ClNO5. The van der Waals surface area contributed by atoms with E-state index in [1.54, 1.807) is 60.7 Å². The molecule has 0 aliphatic rings. The molecule has 0 heterocycles. The number of hydrogen-bond acceptors (Lipinski definition) is 5. The summed E-state index contributed by atoms with van der Waals surface area (Å²) in [6.07, 6.45) is 0. The van der Waals surface area contributed by atoms with Crippen LogP contribution in [0.4, 0.5) is 5.69 Å². The fourth-order valence-corrected chi connectivity index (χ4v) is 3.13. The van der Waals surface area contributed by atoms with Gasteiger partial charge in [0.1, 0.15) is 30.5 Å². The third kappa shape index (κ3) is 5.86. The van der Waals surface area contributed by atoms with Crippen LogP contribution in [0, 0.1) is 0 Å². The maximum Gasteiger partial charge on any atom is 0.352 e. The molecule has 0 saturated carbocycles. The highest BCUT2D eigenvalue weighted by atomic mass is 35.5. The number of rotatable bonds is 10. The summed E-state index contributed by atoms with van der Waals surface area (Å²) in [5, 5.41) is 10.6. The summed E-state index contributed by atoms with van der Waals surface area (Å²) in [4.78, 5) is 14.0. The van der Waals surface area contributed by atoms with E-state index in [1.807, 2.05) is 31.1 Å². The summed E-state index contributed by atoms with van der Waals surface area (Å²) in [5.74, 6) is 0.704. The lowest BCUT2D eigenvalue weighted by molar-refractivity contribution is -0.154. The number of anilines is 1. The topological polar surface area (TPSA) is 68.2 Å². The highest BCUT2D eigenvalue weighted by Crippen LogP contribution is 2.31. The number of carbonyl (C=O) groups is 1. The van der Waals surface area contributed by atoms with Crippen LogP contribution in [0.2, 0.25) is 5.02 Å². The van der Waals surface area contributed by atoms with Crippen LogP contribution < -0.4 is 19.1 Å². The van der Waals surface area contributed by atoms with Crippen molar-refractivity contribution in [1.82, 2.24) is 0 Å². The zero-order chi connectivity index (χ0) is 23.1. The first-order valence-electron chi connectivity index (χ1n) is 10.1. The predicted octanol–water partition coefficient (Wildman–Crippen LogP) is 5.24. The second-order valence-electron chi connectivity index (χ2n) is 7.51. The summed E-state index contributed by atoms with van der Waals surface area (Å²) in [6.45, 7) is 2.24. The fourth-order valence-electron chi connectivity index (χ4n) is 3.01. The number of carboxylic acid groups (broad SMARTS) is 1. The van der Waals surface area contributed by atoms with Crippen molar-refractivity contribution in [2.45, 2.75) is 12.5 Å².